The monoisotopic (exact) mass is 203 g/mol. The van der Waals surface area contributed by atoms with Crippen molar-refractivity contribution in [1.82, 2.24) is 0 Å². The summed E-state index contributed by atoms with van der Waals surface area (Å²) < 4.78 is 0. The van der Waals surface area contributed by atoms with E-state index in [1.165, 1.54) is 0 Å². The van der Waals surface area contributed by atoms with Gasteiger partial charge in [0.15, 0.2) is 0 Å². The van der Waals surface area contributed by atoms with Gasteiger partial charge in [0.1, 0.15) is 0 Å². The highest BCUT2D eigenvalue weighted by Crippen LogP contribution is 1.94. The Kier molecular flexibility index (Phi) is 7.95. The van der Waals surface area contributed by atoms with Crippen LogP contribution in [0.25, 0.3) is 0 Å². The average molecular weight is 203 g/mol. The lowest BCUT2D eigenvalue weighted by Gasteiger charge is -2.00. The molecule has 0 saturated carbocycles. The number of hydrogen-bond acceptors (Lipinski definition) is 3. The second-order valence-corrected chi connectivity index (χ2v) is 2.32. The molecule has 0 heterocycles. The standard InChI is InChI=1S/C7H10BNO2.CH4.ClH/c9-5-6-2-1-3-7(4-6)8(10)11;;/h1-4,10-11H,5,9H2;1H4;1H. The van der Waals surface area contributed by atoms with Gasteiger partial charge in [-0.1, -0.05) is 31.7 Å². The van der Waals surface area contributed by atoms with Gasteiger partial charge in [0, 0.05) is 6.54 Å². The maximum Gasteiger partial charge on any atom is 0.488 e. The molecule has 0 aliphatic rings. The highest BCUT2D eigenvalue weighted by Gasteiger charge is 2.09. The Morgan fingerprint density at radius 2 is 1.92 bits per heavy atom. The van der Waals surface area contributed by atoms with Gasteiger partial charge in [0.05, 0.1) is 0 Å². The van der Waals surface area contributed by atoms with Crippen LogP contribution < -0.4 is 11.2 Å². The van der Waals surface area contributed by atoms with Gasteiger partial charge < -0.3 is 15.8 Å². The quantitative estimate of drug-likeness (QED) is 0.587. The van der Waals surface area contributed by atoms with Gasteiger partial charge in [-0.25, -0.2) is 0 Å². The predicted molar refractivity (Wildman–Crippen MR) is 58.1 cm³/mol. The van der Waals surface area contributed by atoms with Crippen molar-refractivity contribution in [3.05, 3.63) is 29.8 Å². The molecular formula is C8H15BClNO2. The SMILES string of the molecule is C.Cl.NCc1cccc(B(O)O)c1. The summed E-state index contributed by atoms with van der Waals surface area (Å²) in [5.41, 5.74) is 6.73. The molecule has 0 aliphatic carbocycles. The molecule has 0 spiro atoms. The molecule has 0 atom stereocenters. The molecule has 13 heavy (non-hydrogen) atoms. The van der Waals surface area contributed by atoms with Crippen molar-refractivity contribution in [2.75, 3.05) is 0 Å². The van der Waals surface area contributed by atoms with Crippen LogP contribution in [0.5, 0.6) is 0 Å². The van der Waals surface area contributed by atoms with Gasteiger partial charge in [-0.2, -0.15) is 0 Å². The van der Waals surface area contributed by atoms with Gasteiger partial charge in [0.25, 0.3) is 0 Å². The molecule has 0 aromatic heterocycles. The van der Waals surface area contributed by atoms with Crippen LogP contribution in [-0.4, -0.2) is 17.2 Å². The molecule has 0 fully saturated rings. The van der Waals surface area contributed by atoms with Crippen LogP contribution in [0.4, 0.5) is 0 Å². The van der Waals surface area contributed by atoms with Crippen molar-refractivity contribution in [3.8, 4) is 0 Å². The van der Waals surface area contributed by atoms with E-state index in [0.29, 0.717) is 12.0 Å². The molecule has 1 aromatic rings. The molecule has 5 heteroatoms. The number of nitrogens with two attached hydrogens (primary N) is 1. The van der Waals surface area contributed by atoms with Crippen molar-refractivity contribution < 1.29 is 10.0 Å². The Labute approximate surface area is 85.1 Å². The van der Waals surface area contributed by atoms with Gasteiger partial charge in [-0.05, 0) is 11.0 Å². The third-order valence-electron chi connectivity index (χ3n) is 1.48. The zero-order valence-electron chi connectivity index (χ0n) is 6.47. The first-order valence-corrected chi connectivity index (χ1v) is 3.39. The van der Waals surface area contributed by atoms with E-state index in [0.717, 1.165) is 5.56 Å². The lowest BCUT2D eigenvalue weighted by atomic mass is 9.80. The van der Waals surface area contributed by atoms with E-state index < -0.39 is 7.12 Å². The van der Waals surface area contributed by atoms with Gasteiger partial charge in [-0.3, -0.25) is 0 Å². The Bertz CT molecular complexity index is 245. The van der Waals surface area contributed by atoms with Crippen molar-refractivity contribution in [2.24, 2.45) is 5.73 Å². The van der Waals surface area contributed by atoms with Crippen LogP contribution in [0.15, 0.2) is 24.3 Å². The summed E-state index contributed by atoms with van der Waals surface area (Å²) >= 11 is 0. The molecule has 0 unspecified atom stereocenters. The minimum atomic E-state index is -1.40. The van der Waals surface area contributed by atoms with E-state index in [9.17, 15) is 0 Å². The molecule has 0 bridgehead atoms. The maximum absolute atomic E-state index is 8.76. The fourth-order valence-corrected chi connectivity index (χ4v) is 0.881. The molecule has 74 valence electrons. The molecule has 1 rings (SSSR count). The molecule has 4 N–H and O–H groups in total. The van der Waals surface area contributed by atoms with E-state index in [2.05, 4.69) is 0 Å². The Hall–Kier alpha value is -0.545. The van der Waals surface area contributed by atoms with Gasteiger partial charge in [0.2, 0.25) is 0 Å². The number of halogens is 1. The number of benzene rings is 1. The average Bonchev–Trinajstić information content (AvgIpc) is 2.05. The van der Waals surface area contributed by atoms with Crippen molar-refractivity contribution in [1.29, 1.82) is 0 Å². The summed E-state index contributed by atoms with van der Waals surface area (Å²) in [6.07, 6.45) is 0. The summed E-state index contributed by atoms with van der Waals surface area (Å²) in [6.45, 7) is 0.417. The summed E-state index contributed by atoms with van der Waals surface area (Å²) in [5.74, 6) is 0. The van der Waals surface area contributed by atoms with Crippen LogP contribution in [0.1, 0.15) is 13.0 Å². The summed E-state index contributed by atoms with van der Waals surface area (Å²) in [4.78, 5) is 0. The lowest BCUT2D eigenvalue weighted by molar-refractivity contribution is 0.425. The predicted octanol–water partition coefficient (Wildman–Crippen LogP) is -0.117. The van der Waals surface area contributed by atoms with Crippen molar-refractivity contribution in [3.63, 3.8) is 0 Å². The molecule has 1 aromatic carbocycles. The van der Waals surface area contributed by atoms with Crippen LogP contribution in [0.2, 0.25) is 0 Å². The van der Waals surface area contributed by atoms with Crippen LogP contribution in [-0.2, 0) is 6.54 Å². The fraction of sp³-hybridized carbons (Fsp3) is 0.250. The normalized spacial score (nSPS) is 8.23. The molecule has 0 aliphatic heterocycles. The maximum atomic E-state index is 8.76. The highest BCUT2D eigenvalue weighted by molar-refractivity contribution is 6.58. The van der Waals surface area contributed by atoms with Gasteiger partial charge in [-0.15, -0.1) is 12.4 Å². The van der Waals surface area contributed by atoms with Crippen molar-refractivity contribution >= 4 is 25.0 Å². The van der Waals surface area contributed by atoms with E-state index in [-0.39, 0.29) is 19.8 Å². The minimum absolute atomic E-state index is 0. The Morgan fingerprint density at radius 1 is 1.31 bits per heavy atom. The number of hydrogen-bond donors (Lipinski definition) is 3. The fourth-order valence-electron chi connectivity index (χ4n) is 0.881. The lowest BCUT2D eigenvalue weighted by Crippen LogP contribution is -2.30. The molecular weight excluding hydrogens is 188 g/mol. The van der Waals surface area contributed by atoms with E-state index in [4.69, 9.17) is 15.8 Å². The molecule has 3 nitrogen and oxygen atoms in total. The second kappa shape index (κ2) is 6.92. The summed E-state index contributed by atoms with van der Waals surface area (Å²) in [7, 11) is -1.40. The van der Waals surface area contributed by atoms with E-state index in [1.54, 1.807) is 18.2 Å². The first kappa shape index (κ1) is 15.0. The first-order valence-electron chi connectivity index (χ1n) is 3.39. The van der Waals surface area contributed by atoms with Crippen LogP contribution in [0, 0.1) is 0 Å². The summed E-state index contributed by atoms with van der Waals surface area (Å²) in [5, 5.41) is 17.5. The van der Waals surface area contributed by atoms with Crippen molar-refractivity contribution in [2.45, 2.75) is 14.0 Å². The molecule has 0 saturated heterocycles. The largest absolute Gasteiger partial charge is 0.488 e. The zero-order chi connectivity index (χ0) is 8.27. The van der Waals surface area contributed by atoms with Crippen LogP contribution in [0.3, 0.4) is 0 Å². The smallest absolute Gasteiger partial charge is 0.423 e. The molecule has 0 amide bonds. The van der Waals surface area contributed by atoms with E-state index >= 15 is 0 Å². The zero-order valence-corrected chi connectivity index (χ0v) is 7.29. The van der Waals surface area contributed by atoms with Crippen LogP contribution >= 0.6 is 12.4 Å². The third-order valence-corrected chi connectivity index (χ3v) is 1.48. The van der Waals surface area contributed by atoms with E-state index in [1.807, 2.05) is 6.07 Å². The minimum Gasteiger partial charge on any atom is -0.423 e. The molecule has 0 radical (unpaired) electrons. The Balaban J connectivity index is 0. The Morgan fingerprint density at radius 3 is 2.38 bits per heavy atom. The third kappa shape index (κ3) is 4.29. The highest BCUT2D eigenvalue weighted by atomic mass is 35.5. The topological polar surface area (TPSA) is 66.5 Å². The summed E-state index contributed by atoms with van der Waals surface area (Å²) in [6, 6.07) is 6.90. The van der Waals surface area contributed by atoms with Gasteiger partial charge >= 0.3 is 7.12 Å². The first-order chi connectivity index (χ1) is 5.24. The second-order valence-electron chi connectivity index (χ2n) is 2.32. The number of rotatable bonds is 2.